The van der Waals surface area contributed by atoms with Crippen molar-refractivity contribution in [3.8, 4) is 11.1 Å². The largest absolute Gasteiger partial charge is 0.303 e. The third-order valence-corrected chi connectivity index (χ3v) is 4.80. The Hall–Kier alpha value is -1.58. The number of hydrogen-bond acceptors (Lipinski definition) is 1. The van der Waals surface area contributed by atoms with Crippen LogP contribution in [-0.4, -0.2) is 0 Å². The van der Waals surface area contributed by atoms with Crippen LogP contribution in [0, 0.1) is 0 Å². The van der Waals surface area contributed by atoms with Gasteiger partial charge in [0.25, 0.3) is 0 Å². The SMILES string of the molecule is Brc1ccccc1N(Br)Cc1ccc(-c2ccccc2)cc1. The van der Waals surface area contributed by atoms with E-state index in [1.165, 1.54) is 16.7 Å². The van der Waals surface area contributed by atoms with Crippen LogP contribution in [0.5, 0.6) is 0 Å². The molecular formula is C19H15Br2N. The van der Waals surface area contributed by atoms with E-state index in [1.54, 1.807) is 0 Å². The van der Waals surface area contributed by atoms with Gasteiger partial charge in [0.15, 0.2) is 0 Å². The predicted molar refractivity (Wildman–Crippen MR) is 101 cm³/mol. The van der Waals surface area contributed by atoms with Crippen molar-refractivity contribution in [2.45, 2.75) is 6.54 Å². The zero-order valence-electron chi connectivity index (χ0n) is 11.9. The normalized spacial score (nSPS) is 10.5. The van der Waals surface area contributed by atoms with Crippen molar-refractivity contribution in [1.82, 2.24) is 0 Å². The Morgan fingerprint density at radius 3 is 1.95 bits per heavy atom. The highest BCUT2D eigenvalue weighted by Gasteiger charge is 2.07. The minimum absolute atomic E-state index is 0.803. The lowest BCUT2D eigenvalue weighted by Gasteiger charge is -2.18. The summed E-state index contributed by atoms with van der Waals surface area (Å²) < 4.78 is 3.14. The van der Waals surface area contributed by atoms with E-state index in [-0.39, 0.29) is 0 Å². The summed E-state index contributed by atoms with van der Waals surface area (Å²) in [5, 5.41) is 0. The van der Waals surface area contributed by atoms with Crippen molar-refractivity contribution in [1.29, 1.82) is 0 Å². The van der Waals surface area contributed by atoms with Gasteiger partial charge in [0, 0.05) is 4.47 Å². The molecule has 0 radical (unpaired) electrons. The van der Waals surface area contributed by atoms with Crippen molar-refractivity contribution >= 4 is 37.8 Å². The lowest BCUT2D eigenvalue weighted by atomic mass is 10.0. The Morgan fingerprint density at radius 1 is 0.682 bits per heavy atom. The number of hydrogen-bond donors (Lipinski definition) is 0. The highest BCUT2D eigenvalue weighted by Crippen LogP contribution is 2.29. The summed E-state index contributed by atoms with van der Waals surface area (Å²) in [4.78, 5) is 0. The van der Waals surface area contributed by atoms with Gasteiger partial charge >= 0.3 is 0 Å². The van der Waals surface area contributed by atoms with Crippen LogP contribution in [-0.2, 0) is 6.54 Å². The van der Waals surface area contributed by atoms with Gasteiger partial charge < -0.3 is 3.93 Å². The molecular weight excluding hydrogens is 402 g/mol. The van der Waals surface area contributed by atoms with E-state index in [9.17, 15) is 0 Å². The summed E-state index contributed by atoms with van der Waals surface area (Å²) >= 11 is 7.22. The van der Waals surface area contributed by atoms with Crippen molar-refractivity contribution < 1.29 is 0 Å². The third-order valence-electron chi connectivity index (χ3n) is 3.50. The summed E-state index contributed by atoms with van der Waals surface area (Å²) in [7, 11) is 0. The molecule has 0 aliphatic carbocycles. The smallest absolute Gasteiger partial charge is 0.0616 e. The van der Waals surface area contributed by atoms with Crippen molar-refractivity contribution in [2.75, 3.05) is 3.93 Å². The Morgan fingerprint density at radius 2 is 1.27 bits per heavy atom. The van der Waals surface area contributed by atoms with Gasteiger partial charge in [-0.3, -0.25) is 0 Å². The second-order valence-electron chi connectivity index (χ2n) is 5.03. The maximum absolute atomic E-state index is 3.64. The molecule has 3 rings (SSSR count). The molecule has 0 fully saturated rings. The number of nitrogens with zero attached hydrogens (tertiary/aromatic N) is 1. The molecule has 0 aromatic heterocycles. The number of anilines is 1. The van der Waals surface area contributed by atoms with Gasteiger partial charge in [-0.15, -0.1) is 0 Å². The van der Waals surface area contributed by atoms with Gasteiger partial charge in [-0.25, -0.2) is 0 Å². The lowest BCUT2D eigenvalue weighted by Crippen LogP contribution is -2.09. The summed E-state index contributed by atoms with van der Waals surface area (Å²) in [6, 6.07) is 27.3. The third kappa shape index (κ3) is 3.60. The fraction of sp³-hybridized carbons (Fsp3) is 0.0526. The van der Waals surface area contributed by atoms with E-state index in [2.05, 4.69) is 90.6 Å². The van der Waals surface area contributed by atoms with Crippen LogP contribution in [0.3, 0.4) is 0 Å². The highest BCUT2D eigenvalue weighted by atomic mass is 79.9. The van der Waals surface area contributed by atoms with Crippen molar-refractivity contribution in [3.05, 3.63) is 88.9 Å². The predicted octanol–water partition coefficient (Wildman–Crippen LogP) is 6.43. The van der Waals surface area contributed by atoms with Gasteiger partial charge in [0.2, 0.25) is 0 Å². The molecule has 0 atom stereocenters. The molecule has 0 saturated carbocycles. The fourth-order valence-electron chi connectivity index (χ4n) is 2.33. The number of para-hydroxylation sites is 1. The van der Waals surface area contributed by atoms with E-state index in [0.29, 0.717) is 0 Å². The van der Waals surface area contributed by atoms with Crippen molar-refractivity contribution in [3.63, 3.8) is 0 Å². The average Bonchev–Trinajstić information content (AvgIpc) is 2.57. The van der Waals surface area contributed by atoms with E-state index in [4.69, 9.17) is 0 Å². The van der Waals surface area contributed by atoms with Gasteiger partial charge in [-0.05, 0) is 44.8 Å². The maximum atomic E-state index is 3.64. The minimum atomic E-state index is 0.803. The van der Waals surface area contributed by atoms with Gasteiger partial charge in [-0.2, -0.15) is 0 Å². The van der Waals surface area contributed by atoms with Gasteiger partial charge in [0.1, 0.15) is 0 Å². The van der Waals surface area contributed by atoms with Crippen LogP contribution in [0.2, 0.25) is 0 Å². The number of rotatable bonds is 4. The summed E-state index contributed by atoms with van der Waals surface area (Å²) in [5.41, 5.74) is 4.86. The van der Waals surface area contributed by atoms with Gasteiger partial charge in [0.05, 0.1) is 28.4 Å². The molecule has 0 amide bonds. The Labute approximate surface area is 148 Å². The number of halogens is 2. The topological polar surface area (TPSA) is 3.24 Å². The maximum Gasteiger partial charge on any atom is 0.0616 e. The van der Waals surface area contributed by atoms with E-state index >= 15 is 0 Å². The van der Waals surface area contributed by atoms with Crippen LogP contribution >= 0.6 is 32.1 Å². The first kappa shape index (κ1) is 15.3. The number of benzene rings is 3. The van der Waals surface area contributed by atoms with Crippen LogP contribution in [0.1, 0.15) is 5.56 Å². The second-order valence-corrected chi connectivity index (χ2v) is 6.75. The van der Waals surface area contributed by atoms with Crippen LogP contribution in [0.4, 0.5) is 5.69 Å². The molecule has 1 nitrogen and oxygen atoms in total. The average molecular weight is 417 g/mol. The first-order valence-electron chi connectivity index (χ1n) is 7.06. The Bertz CT molecular complexity index is 739. The molecule has 0 spiro atoms. The summed E-state index contributed by atoms with van der Waals surface area (Å²) in [6.07, 6.45) is 0. The molecule has 0 unspecified atom stereocenters. The molecule has 22 heavy (non-hydrogen) atoms. The van der Waals surface area contributed by atoms with E-state index in [0.717, 1.165) is 16.7 Å². The van der Waals surface area contributed by atoms with E-state index < -0.39 is 0 Å². The van der Waals surface area contributed by atoms with Crippen LogP contribution in [0.25, 0.3) is 11.1 Å². The highest BCUT2D eigenvalue weighted by molar-refractivity contribution is 9.11. The zero-order valence-corrected chi connectivity index (χ0v) is 15.1. The fourth-order valence-corrected chi connectivity index (χ4v) is 3.66. The first-order chi connectivity index (χ1) is 10.7. The van der Waals surface area contributed by atoms with E-state index in [1.807, 2.05) is 24.3 Å². The first-order valence-corrected chi connectivity index (χ1v) is 8.56. The summed E-state index contributed by atoms with van der Waals surface area (Å²) in [5.74, 6) is 0. The Balaban J connectivity index is 1.75. The monoisotopic (exact) mass is 415 g/mol. The molecule has 0 aliphatic rings. The molecule has 3 aromatic rings. The van der Waals surface area contributed by atoms with Crippen LogP contribution in [0.15, 0.2) is 83.3 Å². The zero-order chi connectivity index (χ0) is 15.4. The molecule has 3 aromatic carbocycles. The Kier molecular flexibility index (Phi) is 4.96. The molecule has 0 N–H and O–H groups in total. The molecule has 0 heterocycles. The quantitative estimate of drug-likeness (QED) is 0.442. The molecule has 0 bridgehead atoms. The van der Waals surface area contributed by atoms with Crippen molar-refractivity contribution in [2.24, 2.45) is 0 Å². The lowest BCUT2D eigenvalue weighted by molar-refractivity contribution is 1.07. The van der Waals surface area contributed by atoms with Crippen LogP contribution < -0.4 is 3.93 Å². The van der Waals surface area contributed by atoms with Gasteiger partial charge in [-0.1, -0.05) is 66.7 Å². The summed E-state index contributed by atoms with van der Waals surface area (Å²) in [6.45, 7) is 0.803. The molecule has 0 saturated heterocycles. The minimum Gasteiger partial charge on any atom is -0.303 e. The molecule has 0 aliphatic heterocycles. The molecule has 3 heteroatoms. The second kappa shape index (κ2) is 7.12. The standard InChI is InChI=1S/C19H15Br2N/c20-18-8-4-5-9-19(18)22(21)14-15-10-12-17(13-11-15)16-6-2-1-3-7-16/h1-13H,14H2. The molecule has 110 valence electrons.